The van der Waals surface area contributed by atoms with E-state index in [1.807, 2.05) is 60.8 Å². The Balaban J connectivity index is 1.49. The fourth-order valence-electron chi connectivity index (χ4n) is 3.29. The molecule has 0 unspecified atom stereocenters. The van der Waals surface area contributed by atoms with Crippen LogP contribution in [-0.2, 0) is 4.79 Å². The first-order chi connectivity index (χ1) is 17.5. The first kappa shape index (κ1) is 25.3. The number of nitrogens with zero attached hydrogens (tertiary/aromatic N) is 3. The normalized spacial score (nSPS) is 11.0. The number of hydrazone groups is 1. The molecular weight excluding hydrogens is 499 g/mol. The number of aromatic nitrogens is 2. The molecule has 0 atom stereocenters. The van der Waals surface area contributed by atoms with Crippen LogP contribution < -0.4 is 14.9 Å². The molecule has 184 valence electrons. The summed E-state index contributed by atoms with van der Waals surface area (Å²) in [5.74, 6) is 0.719. The van der Waals surface area contributed by atoms with Crippen LogP contribution in [0.5, 0.6) is 11.5 Å². The standard InChI is InChI=1S/C27H24Cl2N4O3/c1-2-14-35-23-11-8-19(9-12-23)27-20(17-33(32-27)22-6-4-3-5-7-22)16-30-31-26(34)18-36-25-13-10-21(28)15-24(25)29/h3-13,15-17H,2,14,18H2,1H3,(H,31,34). The second kappa shape index (κ2) is 12.2. The smallest absolute Gasteiger partial charge is 0.277 e. The quantitative estimate of drug-likeness (QED) is 0.199. The van der Waals surface area contributed by atoms with E-state index in [0.717, 1.165) is 29.0 Å². The van der Waals surface area contributed by atoms with Crippen LogP contribution in [0.25, 0.3) is 16.9 Å². The molecule has 0 saturated carbocycles. The third-order valence-electron chi connectivity index (χ3n) is 5.01. The van der Waals surface area contributed by atoms with E-state index >= 15 is 0 Å². The lowest BCUT2D eigenvalue weighted by atomic mass is 10.1. The van der Waals surface area contributed by atoms with Gasteiger partial charge in [-0.3, -0.25) is 4.79 Å². The highest BCUT2D eigenvalue weighted by Gasteiger charge is 2.12. The van der Waals surface area contributed by atoms with Crippen molar-refractivity contribution in [3.05, 3.63) is 94.6 Å². The zero-order chi connectivity index (χ0) is 25.3. The summed E-state index contributed by atoms with van der Waals surface area (Å²) in [6, 6.07) is 22.2. The first-order valence-electron chi connectivity index (χ1n) is 11.3. The molecule has 0 radical (unpaired) electrons. The van der Waals surface area contributed by atoms with Gasteiger partial charge in [-0.25, -0.2) is 10.1 Å². The summed E-state index contributed by atoms with van der Waals surface area (Å²) in [6.45, 7) is 2.47. The van der Waals surface area contributed by atoms with Gasteiger partial charge in [0, 0.05) is 22.3 Å². The molecule has 0 spiro atoms. The molecule has 3 aromatic carbocycles. The number of halogens is 2. The van der Waals surface area contributed by atoms with Gasteiger partial charge in [-0.05, 0) is 61.0 Å². The second-order valence-electron chi connectivity index (χ2n) is 7.74. The lowest BCUT2D eigenvalue weighted by Gasteiger charge is -2.07. The summed E-state index contributed by atoms with van der Waals surface area (Å²) in [7, 11) is 0. The molecule has 36 heavy (non-hydrogen) atoms. The molecule has 7 nitrogen and oxygen atoms in total. The van der Waals surface area contributed by atoms with Crippen molar-refractivity contribution >= 4 is 35.3 Å². The summed E-state index contributed by atoms with van der Waals surface area (Å²) in [5.41, 5.74) is 5.70. The van der Waals surface area contributed by atoms with E-state index in [1.54, 1.807) is 29.1 Å². The van der Waals surface area contributed by atoms with E-state index in [-0.39, 0.29) is 6.61 Å². The van der Waals surface area contributed by atoms with Crippen LogP contribution in [-0.4, -0.2) is 35.1 Å². The molecule has 1 aromatic heterocycles. The molecular formula is C27H24Cl2N4O3. The summed E-state index contributed by atoms with van der Waals surface area (Å²) in [5, 5.41) is 9.66. The molecule has 0 aliphatic rings. The van der Waals surface area contributed by atoms with E-state index in [0.29, 0.717) is 28.1 Å². The Hall–Kier alpha value is -3.81. The van der Waals surface area contributed by atoms with Gasteiger partial charge in [0.2, 0.25) is 0 Å². The van der Waals surface area contributed by atoms with Crippen molar-refractivity contribution in [2.45, 2.75) is 13.3 Å². The van der Waals surface area contributed by atoms with Gasteiger partial charge in [0.15, 0.2) is 6.61 Å². The molecule has 1 N–H and O–H groups in total. The average Bonchev–Trinajstić information content (AvgIpc) is 3.32. The van der Waals surface area contributed by atoms with Gasteiger partial charge in [0.05, 0.1) is 23.5 Å². The number of rotatable bonds is 10. The van der Waals surface area contributed by atoms with E-state index in [9.17, 15) is 4.79 Å². The Morgan fingerprint density at radius 1 is 1.06 bits per heavy atom. The molecule has 0 aliphatic carbocycles. The monoisotopic (exact) mass is 522 g/mol. The van der Waals surface area contributed by atoms with Crippen molar-refractivity contribution in [3.8, 4) is 28.4 Å². The summed E-state index contributed by atoms with van der Waals surface area (Å²) < 4.78 is 12.9. The van der Waals surface area contributed by atoms with Crippen molar-refractivity contribution < 1.29 is 14.3 Å². The van der Waals surface area contributed by atoms with Gasteiger partial charge in [0.25, 0.3) is 5.91 Å². The van der Waals surface area contributed by atoms with Gasteiger partial charge in [-0.2, -0.15) is 10.2 Å². The van der Waals surface area contributed by atoms with Crippen LogP contribution >= 0.6 is 23.2 Å². The van der Waals surface area contributed by atoms with E-state index in [2.05, 4.69) is 17.5 Å². The molecule has 0 saturated heterocycles. The zero-order valence-corrected chi connectivity index (χ0v) is 21.0. The number of nitrogens with one attached hydrogen (secondary N) is 1. The highest BCUT2D eigenvalue weighted by Crippen LogP contribution is 2.27. The minimum absolute atomic E-state index is 0.256. The topological polar surface area (TPSA) is 77.7 Å². The van der Waals surface area contributed by atoms with Crippen molar-refractivity contribution in [2.75, 3.05) is 13.2 Å². The largest absolute Gasteiger partial charge is 0.494 e. The van der Waals surface area contributed by atoms with Crippen molar-refractivity contribution in [1.82, 2.24) is 15.2 Å². The van der Waals surface area contributed by atoms with Gasteiger partial charge in [-0.15, -0.1) is 0 Å². The van der Waals surface area contributed by atoms with E-state index < -0.39 is 5.91 Å². The molecule has 9 heteroatoms. The third kappa shape index (κ3) is 6.65. The highest BCUT2D eigenvalue weighted by atomic mass is 35.5. The number of carbonyl (C=O) groups is 1. The van der Waals surface area contributed by atoms with Crippen molar-refractivity contribution in [3.63, 3.8) is 0 Å². The number of amides is 1. The predicted octanol–water partition coefficient (Wildman–Crippen LogP) is 6.16. The zero-order valence-electron chi connectivity index (χ0n) is 19.5. The third-order valence-corrected chi connectivity index (χ3v) is 5.54. The van der Waals surface area contributed by atoms with Gasteiger partial charge in [-0.1, -0.05) is 48.3 Å². The molecule has 0 bridgehead atoms. The first-order valence-corrected chi connectivity index (χ1v) is 12.1. The van der Waals surface area contributed by atoms with E-state index in [1.165, 1.54) is 0 Å². The summed E-state index contributed by atoms with van der Waals surface area (Å²) in [4.78, 5) is 12.2. The lowest BCUT2D eigenvalue weighted by Crippen LogP contribution is -2.24. The number of ether oxygens (including phenoxy) is 2. The number of hydrogen-bond donors (Lipinski definition) is 1. The Morgan fingerprint density at radius 2 is 1.83 bits per heavy atom. The van der Waals surface area contributed by atoms with Crippen LogP contribution in [0.2, 0.25) is 10.0 Å². The maximum atomic E-state index is 12.2. The van der Waals surface area contributed by atoms with Crippen LogP contribution in [0.15, 0.2) is 84.1 Å². The molecule has 1 heterocycles. The number of carbonyl (C=O) groups excluding carboxylic acids is 1. The SMILES string of the molecule is CCCOc1ccc(-c2nn(-c3ccccc3)cc2C=NNC(=O)COc2ccc(Cl)cc2Cl)cc1. The molecule has 4 aromatic rings. The molecule has 0 aliphatic heterocycles. The van der Waals surface area contributed by atoms with Gasteiger partial charge in [0.1, 0.15) is 17.2 Å². The van der Waals surface area contributed by atoms with Crippen LogP contribution in [0.1, 0.15) is 18.9 Å². The predicted molar refractivity (Wildman–Crippen MR) is 142 cm³/mol. The Morgan fingerprint density at radius 3 is 2.56 bits per heavy atom. The highest BCUT2D eigenvalue weighted by molar-refractivity contribution is 6.35. The second-order valence-corrected chi connectivity index (χ2v) is 8.59. The number of benzene rings is 3. The van der Waals surface area contributed by atoms with Gasteiger partial charge < -0.3 is 9.47 Å². The van der Waals surface area contributed by atoms with Crippen molar-refractivity contribution in [1.29, 1.82) is 0 Å². The fourth-order valence-corrected chi connectivity index (χ4v) is 3.75. The molecule has 1 amide bonds. The maximum absolute atomic E-state index is 12.2. The molecule has 4 rings (SSSR count). The van der Waals surface area contributed by atoms with E-state index in [4.69, 9.17) is 37.8 Å². The average molecular weight is 523 g/mol. The maximum Gasteiger partial charge on any atom is 0.277 e. The fraction of sp³-hybridized carbons (Fsp3) is 0.148. The van der Waals surface area contributed by atoms with Gasteiger partial charge >= 0.3 is 0 Å². The Bertz CT molecular complexity index is 1340. The number of hydrogen-bond acceptors (Lipinski definition) is 5. The van der Waals surface area contributed by atoms with Crippen molar-refractivity contribution in [2.24, 2.45) is 5.10 Å². The van der Waals surface area contributed by atoms with Crippen LogP contribution in [0.3, 0.4) is 0 Å². The minimum Gasteiger partial charge on any atom is -0.494 e. The Labute approximate surface area is 219 Å². The molecule has 0 fully saturated rings. The summed E-state index contributed by atoms with van der Waals surface area (Å²) >= 11 is 12.0. The van der Waals surface area contributed by atoms with Crippen LogP contribution in [0, 0.1) is 0 Å². The number of para-hydroxylation sites is 1. The van der Waals surface area contributed by atoms with Crippen LogP contribution in [0.4, 0.5) is 0 Å². The minimum atomic E-state index is -0.438. The summed E-state index contributed by atoms with van der Waals surface area (Å²) in [6.07, 6.45) is 4.34. The lowest BCUT2D eigenvalue weighted by molar-refractivity contribution is -0.123. The Kier molecular flexibility index (Phi) is 8.60.